The highest BCUT2D eigenvalue weighted by Gasteiger charge is 2.05. The molecule has 0 amide bonds. The molecule has 4 heteroatoms. The van der Waals surface area contributed by atoms with E-state index in [4.69, 9.17) is 10.5 Å². The van der Waals surface area contributed by atoms with Crippen LogP contribution in [0.3, 0.4) is 0 Å². The Morgan fingerprint density at radius 2 is 1.75 bits per heavy atom. The normalized spacial score (nSPS) is 12.2. The third-order valence-electron chi connectivity index (χ3n) is 2.96. The number of halogens is 2. The summed E-state index contributed by atoms with van der Waals surface area (Å²) >= 11 is 6.85. The van der Waals surface area contributed by atoms with Crippen LogP contribution < -0.4 is 10.5 Å². The zero-order valence-electron chi connectivity index (χ0n) is 11.1. The number of hydrogen-bond donors (Lipinski definition) is 1. The Kier molecular flexibility index (Phi) is 6.07. The van der Waals surface area contributed by atoms with Gasteiger partial charge in [0.05, 0.1) is 6.61 Å². The van der Waals surface area contributed by atoms with Gasteiger partial charge in [-0.1, -0.05) is 50.1 Å². The van der Waals surface area contributed by atoms with Crippen molar-refractivity contribution >= 4 is 31.9 Å². The number of benzene rings is 2. The third kappa shape index (κ3) is 5.27. The first-order valence-corrected chi connectivity index (χ1v) is 8.10. The van der Waals surface area contributed by atoms with Crippen molar-refractivity contribution in [3.8, 4) is 5.75 Å². The third-order valence-corrected chi connectivity index (χ3v) is 3.99. The van der Waals surface area contributed by atoms with Gasteiger partial charge in [-0.15, -0.1) is 0 Å². The highest BCUT2D eigenvalue weighted by Crippen LogP contribution is 2.18. The molecule has 0 saturated heterocycles. The average molecular weight is 399 g/mol. The summed E-state index contributed by atoms with van der Waals surface area (Å²) in [4.78, 5) is 0. The van der Waals surface area contributed by atoms with Crippen molar-refractivity contribution < 1.29 is 4.74 Å². The SMILES string of the molecule is NC(CCOc1cccc(Br)c1)Cc1ccc(Br)cc1. The fraction of sp³-hybridized carbons (Fsp3) is 0.250. The first-order chi connectivity index (χ1) is 9.63. The van der Waals surface area contributed by atoms with Crippen molar-refractivity contribution in [2.24, 2.45) is 5.73 Å². The molecule has 0 aliphatic carbocycles. The van der Waals surface area contributed by atoms with Crippen LogP contribution in [-0.4, -0.2) is 12.6 Å². The lowest BCUT2D eigenvalue weighted by Crippen LogP contribution is -2.25. The highest BCUT2D eigenvalue weighted by molar-refractivity contribution is 9.10. The fourth-order valence-corrected chi connectivity index (χ4v) is 2.55. The Morgan fingerprint density at radius 1 is 1.00 bits per heavy atom. The van der Waals surface area contributed by atoms with E-state index in [2.05, 4.69) is 44.0 Å². The van der Waals surface area contributed by atoms with E-state index in [0.29, 0.717) is 6.61 Å². The van der Waals surface area contributed by atoms with E-state index >= 15 is 0 Å². The molecule has 0 fully saturated rings. The van der Waals surface area contributed by atoms with E-state index in [-0.39, 0.29) is 6.04 Å². The summed E-state index contributed by atoms with van der Waals surface area (Å²) in [6, 6.07) is 16.2. The molecule has 2 N–H and O–H groups in total. The van der Waals surface area contributed by atoms with Gasteiger partial charge in [0.15, 0.2) is 0 Å². The monoisotopic (exact) mass is 397 g/mol. The molecule has 1 unspecified atom stereocenters. The average Bonchev–Trinajstić information content (AvgIpc) is 2.41. The molecular weight excluding hydrogens is 382 g/mol. The van der Waals surface area contributed by atoms with Gasteiger partial charge in [0.1, 0.15) is 5.75 Å². The van der Waals surface area contributed by atoms with E-state index in [9.17, 15) is 0 Å². The Balaban J connectivity index is 1.75. The predicted molar refractivity (Wildman–Crippen MR) is 90.1 cm³/mol. The number of nitrogens with two attached hydrogens (primary N) is 1. The van der Waals surface area contributed by atoms with Crippen LogP contribution in [0.1, 0.15) is 12.0 Å². The minimum Gasteiger partial charge on any atom is -0.493 e. The molecule has 2 aromatic rings. The van der Waals surface area contributed by atoms with Crippen molar-refractivity contribution in [1.82, 2.24) is 0 Å². The maximum Gasteiger partial charge on any atom is 0.120 e. The lowest BCUT2D eigenvalue weighted by molar-refractivity contribution is 0.297. The smallest absolute Gasteiger partial charge is 0.120 e. The molecule has 0 aliphatic rings. The first kappa shape index (κ1) is 15.5. The van der Waals surface area contributed by atoms with Crippen LogP contribution >= 0.6 is 31.9 Å². The van der Waals surface area contributed by atoms with Gasteiger partial charge in [-0.25, -0.2) is 0 Å². The van der Waals surface area contributed by atoms with Crippen LogP contribution in [0.15, 0.2) is 57.5 Å². The van der Waals surface area contributed by atoms with Crippen molar-refractivity contribution in [3.63, 3.8) is 0 Å². The molecule has 1 atom stereocenters. The second kappa shape index (κ2) is 7.81. The van der Waals surface area contributed by atoms with Gasteiger partial charge in [-0.3, -0.25) is 0 Å². The molecule has 0 bridgehead atoms. The molecule has 0 radical (unpaired) electrons. The van der Waals surface area contributed by atoms with Gasteiger partial charge >= 0.3 is 0 Å². The molecule has 2 aromatic carbocycles. The Bertz CT molecular complexity index is 542. The molecule has 20 heavy (non-hydrogen) atoms. The Hall–Kier alpha value is -0.840. The Morgan fingerprint density at radius 3 is 2.45 bits per heavy atom. The van der Waals surface area contributed by atoms with Crippen LogP contribution in [0.4, 0.5) is 0 Å². The minimum atomic E-state index is 0.114. The summed E-state index contributed by atoms with van der Waals surface area (Å²) in [5.41, 5.74) is 7.39. The van der Waals surface area contributed by atoms with Gasteiger partial charge in [0, 0.05) is 15.0 Å². The second-order valence-electron chi connectivity index (χ2n) is 4.69. The molecule has 0 aromatic heterocycles. The van der Waals surface area contributed by atoms with Gasteiger partial charge in [-0.2, -0.15) is 0 Å². The van der Waals surface area contributed by atoms with Crippen molar-refractivity contribution in [2.45, 2.75) is 18.9 Å². The summed E-state index contributed by atoms with van der Waals surface area (Å²) < 4.78 is 7.81. The molecular formula is C16H17Br2NO. The largest absolute Gasteiger partial charge is 0.493 e. The van der Waals surface area contributed by atoms with E-state index in [1.54, 1.807) is 0 Å². The van der Waals surface area contributed by atoms with Crippen molar-refractivity contribution in [1.29, 1.82) is 0 Å². The second-order valence-corrected chi connectivity index (χ2v) is 6.52. The van der Waals surface area contributed by atoms with E-state index < -0.39 is 0 Å². The maximum absolute atomic E-state index is 6.14. The fourth-order valence-electron chi connectivity index (χ4n) is 1.91. The number of ether oxygens (including phenoxy) is 1. The molecule has 2 rings (SSSR count). The quantitative estimate of drug-likeness (QED) is 0.774. The topological polar surface area (TPSA) is 35.2 Å². The zero-order chi connectivity index (χ0) is 14.4. The zero-order valence-corrected chi connectivity index (χ0v) is 14.2. The van der Waals surface area contributed by atoms with Crippen LogP contribution in [-0.2, 0) is 6.42 Å². The summed E-state index contributed by atoms with van der Waals surface area (Å²) in [5, 5.41) is 0. The maximum atomic E-state index is 6.14. The molecule has 0 saturated carbocycles. The van der Waals surface area contributed by atoms with Gasteiger partial charge in [0.2, 0.25) is 0 Å². The van der Waals surface area contributed by atoms with E-state index in [1.807, 2.05) is 36.4 Å². The molecule has 106 valence electrons. The van der Waals surface area contributed by atoms with E-state index in [0.717, 1.165) is 27.5 Å². The molecule has 0 aliphatic heterocycles. The predicted octanol–water partition coefficient (Wildman–Crippen LogP) is 4.55. The number of hydrogen-bond acceptors (Lipinski definition) is 2. The summed E-state index contributed by atoms with van der Waals surface area (Å²) in [5.74, 6) is 0.871. The number of rotatable bonds is 6. The van der Waals surface area contributed by atoms with Crippen molar-refractivity contribution in [2.75, 3.05) is 6.61 Å². The van der Waals surface area contributed by atoms with E-state index in [1.165, 1.54) is 5.56 Å². The van der Waals surface area contributed by atoms with Gasteiger partial charge in [0.25, 0.3) is 0 Å². The summed E-state index contributed by atoms with van der Waals surface area (Å²) in [6.07, 6.45) is 1.71. The lowest BCUT2D eigenvalue weighted by Gasteiger charge is -2.13. The van der Waals surface area contributed by atoms with Crippen LogP contribution in [0, 0.1) is 0 Å². The molecule has 2 nitrogen and oxygen atoms in total. The van der Waals surface area contributed by atoms with Crippen LogP contribution in [0.25, 0.3) is 0 Å². The minimum absolute atomic E-state index is 0.114. The highest BCUT2D eigenvalue weighted by atomic mass is 79.9. The lowest BCUT2D eigenvalue weighted by atomic mass is 10.0. The molecule has 0 heterocycles. The molecule has 0 spiro atoms. The van der Waals surface area contributed by atoms with Crippen LogP contribution in [0.5, 0.6) is 5.75 Å². The first-order valence-electron chi connectivity index (χ1n) is 6.52. The Labute approximate surface area is 136 Å². The van der Waals surface area contributed by atoms with Gasteiger partial charge < -0.3 is 10.5 Å². The van der Waals surface area contributed by atoms with Crippen molar-refractivity contribution in [3.05, 3.63) is 63.0 Å². The standard InChI is InChI=1S/C16H17Br2NO/c17-13-6-4-12(5-7-13)10-15(19)8-9-20-16-3-1-2-14(18)11-16/h1-7,11,15H,8-10,19H2. The van der Waals surface area contributed by atoms with Gasteiger partial charge in [-0.05, 0) is 48.7 Å². The van der Waals surface area contributed by atoms with Crippen LogP contribution in [0.2, 0.25) is 0 Å². The summed E-state index contributed by atoms with van der Waals surface area (Å²) in [6.45, 7) is 0.633. The summed E-state index contributed by atoms with van der Waals surface area (Å²) in [7, 11) is 0.